The number of anilines is 1. The Balaban J connectivity index is 1.39. The summed E-state index contributed by atoms with van der Waals surface area (Å²) in [7, 11) is 0. The summed E-state index contributed by atoms with van der Waals surface area (Å²) in [6.07, 6.45) is -2.97. The molecule has 0 unspecified atom stereocenters. The number of carbonyl (C=O) groups excluding carboxylic acids is 1. The largest absolute Gasteiger partial charge is 0.464 e. The van der Waals surface area contributed by atoms with Gasteiger partial charge in [0.05, 0.1) is 17.0 Å². The molecule has 2 aromatic heterocycles. The Morgan fingerprint density at radius 3 is 2.64 bits per heavy atom. The first-order valence-electron chi connectivity index (χ1n) is 10.5. The van der Waals surface area contributed by atoms with Gasteiger partial charge < -0.3 is 10.1 Å². The molecule has 0 saturated heterocycles. The van der Waals surface area contributed by atoms with Gasteiger partial charge in [-0.2, -0.15) is 23.4 Å². The number of hydrogen-bond acceptors (Lipinski definition) is 6. The molecule has 0 atom stereocenters. The molecule has 0 saturated carbocycles. The minimum Gasteiger partial charge on any atom is -0.464 e. The lowest BCUT2D eigenvalue weighted by molar-refractivity contribution is -0.386. The summed E-state index contributed by atoms with van der Waals surface area (Å²) in [6.45, 7) is 1.64. The van der Waals surface area contributed by atoms with Gasteiger partial charge in [0, 0.05) is 24.0 Å². The zero-order valence-corrected chi connectivity index (χ0v) is 18.8. The van der Waals surface area contributed by atoms with Crippen molar-refractivity contribution in [1.29, 1.82) is 0 Å². The van der Waals surface area contributed by atoms with Crippen molar-refractivity contribution < 1.29 is 27.6 Å². The van der Waals surface area contributed by atoms with Crippen LogP contribution in [-0.2, 0) is 19.5 Å². The quantitative estimate of drug-likeness (QED) is 0.278. The average molecular weight is 500 g/mol. The second-order valence-electron chi connectivity index (χ2n) is 7.72. The SMILES string of the molecule is Cc1cc(NC(=O)c2ccn(COc3ccccc3[N+](=O)[O-])n2)nn1Cc1cccc(C(F)(F)F)c1. The van der Waals surface area contributed by atoms with Gasteiger partial charge >= 0.3 is 11.9 Å². The zero-order valence-electron chi connectivity index (χ0n) is 18.8. The molecular formula is C23H19F3N6O4. The fourth-order valence-corrected chi connectivity index (χ4v) is 3.35. The third-order valence-electron chi connectivity index (χ3n) is 5.10. The van der Waals surface area contributed by atoms with E-state index in [1.165, 1.54) is 45.9 Å². The van der Waals surface area contributed by atoms with Crippen LogP contribution in [0.15, 0.2) is 66.9 Å². The fourth-order valence-electron chi connectivity index (χ4n) is 3.35. The standard InChI is InChI=1S/C23H19F3N6O4/c1-15-11-21(29-31(15)13-16-5-4-6-17(12-16)23(24,25)26)27-22(33)18-9-10-30(28-18)14-36-20-8-3-2-7-19(20)32(34)35/h2-12H,13-14H2,1H3,(H,27,29,33). The van der Waals surface area contributed by atoms with Crippen LogP contribution in [-0.4, -0.2) is 30.4 Å². The minimum atomic E-state index is -4.45. The Morgan fingerprint density at radius 1 is 1.11 bits per heavy atom. The monoisotopic (exact) mass is 500 g/mol. The summed E-state index contributed by atoms with van der Waals surface area (Å²) < 4.78 is 47.1. The Bertz CT molecular complexity index is 1410. The van der Waals surface area contributed by atoms with Crippen LogP contribution in [0.1, 0.15) is 27.3 Å². The van der Waals surface area contributed by atoms with Crippen molar-refractivity contribution in [2.45, 2.75) is 26.4 Å². The van der Waals surface area contributed by atoms with Crippen molar-refractivity contribution in [3.8, 4) is 5.75 Å². The smallest absolute Gasteiger partial charge is 0.416 e. The first kappa shape index (κ1) is 24.4. The Morgan fingerprint density at radius 2 is 1.89 bits per heavy atom. The normalized spacial score (nSPS) is 11.3. The van der Waals surface area contributed by atoms with Gasteiger partial charge in [-0.05, 0) is 36.8 Å². The van der Waals surface area contributed by atoms with E-state index in [2.05, 4.69) is 15.5 Å². The average Bonchev–Trinajstić information content (AvgIpc) is 3.44. The molecule has 1 N–H and O–H groups in total. The van der Waals surface area contributed by atoms with Crippen LogP contribution < -0.4 is 10.1 Å². The van der Waals surface area contributed by atoms with Crippen molar-refractivity contribution >= 4 is 17.4 Å². The highest BCUT2D eigenvalue weighted by atomic mass is 19.4. The van der Waals surface area contributed by atoms with Gasteiger partial charge in [0.1, 0.15) is 0 Å². The van der Waals surface area contributed by atoms with E-state index in [1.54, 1.807) is 25.1 Å². The molecular weight excluding hydrogens is 481 g/mol. The Hall–Kier alpha value is -4.68. The van der Waals surface area contributed by atoms with E-state index in [9.17, 15) is 28.1 Å². The molecule has 0 fully saturated rings. The molecule has 0 bridgehead atoms. The molecule has 2 aromatic carbocycles. The predicted molar refractivity (Wildman–Crippen MR) is 121 cm³/mol. The molecule has 186 valence electrons. The second kappa shape index (κ2) is 9.90. The first-order valence-corrected chi connectivity index (χ1v) is 10.5. The number of ether oxygens (including phenoxy) is 1. The first-order chi connectivity index (χ1) is 17.1. The fraction of sp³-hybridized carbons (Fsp3) is 0.174. The maximum absolute atomic E-state index is 13.0. The van der Waals surface area contributed by atoms with Crippen LogP contribution in [0.25, 0.3) is 0 Å². The number of nitro benzene ring substituents is 1. The summed E-state index contributed by atoms with van der Waals surface area (Å²) in [5, 5.41) is 22.0. The van der Waals surface area contributed by atoms with Crippen molar-refractivity contribution in [3.63, 3.8) is 0 Å². The van der Waals surface area contributed by atoms with E-state index in [-0.39, 0.29) is 36.2 Å². The molecule has 0 aliphatic carbocycles. The third-order valence-corrected chi connectivity index (χ3v) is 5.10. The number of aryl methyl sites for hydroxylation is 1. The number of alkyl halides is 3. The van der Waals surface area contributed by atoms with Crippen LogP contribution in [0, 0.1) is 17.0 Å². The third kappa shape index (κ3) is 5.68. The lowest BCUT2D eigenvalue weighted by Crippen LogP contribution is -2.15. The predicted octanol–water partition coefficient (Wildman–Crippen LogP) is 4.65. The number of nitro groups is 1. The zero-order chi connectivity index (χ0) is 25.9. The van der Waals surface area contributed by atoms with E-state index in [1.807, 2.05) is 0 Å². The van der Waals surface area contributed by atoms with Crippen LogP contribution >= 0.6 is 0 Å². The number of amides is 1. The summed E-state index contributed by atoms with van der Waals surface area (Å²) in [6, 6.07) is 13.8. The molecule has 0 radical (unpaired) electrons. The Labute approximate surface area is 202 Å². The molecule has 0 aliphatic rings. The number of benzene rings is 2. The Kier molecular flexibility index (Phi) is 6.72. The van der Waals surface area contributed by atoms with Gasteiger partial charge in [-0.15, -0.1) is 0 Å². The lowest BCUT2D eigenvalue weighted by Gasteiger charge is -2.09. The molecule has 0 spiro atoms. The molecule has 13 heteroatoms. The summed E-state index contributed by atoms with van der Waals surface area (Å²) in [5.41, 5.74) is 0.141. The van der Waals surface area contributed by atoms with Crippen molar-refractivity contribution in [1.82, 2.24) is 19.6 Å². The minimum absolute atomic E-state index is 0.0474. The summed E-state index contributed by atoms with van der Waals surface area (Å²) in [5.74, 6) is -0.302. The maximum atomic E-state index is 13.0. The van der Waals surface area contributed by atoms with E-state index in [0.29, 0.717) is 11.3 Å². The molecule has 4 aromatic rings. The summed E-state index contributed by atoms with van der Waals surface area (Å²) in [4.78, 5) is 23.1. The topological polar surface area (TPSA) is 117 Å². The van der Waals surface area contributed by atoms with Crippen LogP contribution in [0.4, 0.5) is 24.7 Å². The number of rotatable bonds is 8. The number of hydrogen-bond donors (Lipinski definition) is 1. The second-order valence-corrected chi connectivity index (χ2v) is 7.72. The molecule has 0 aliphatic heterocycles. The number of nitrogens with one attached hydrogen (secondary N) is 1. The molecule has 10 nitrogen and oxygen atoms in total. The van der Waals surface area contributed by atoms with Crippen molar-refractivity contribution in [2.24, 2.45) is 0 Å². The molecule has 4 rings (SSSR count). The number of carbonyl (C=O) groups is 1. The highest BCUT2D eigenvalue weighted by molar-refractivity contribution is 6.02. The van der Waals surface area contributed by atoms with E-state index >= 15 is 0 Å². The number of halogens is 3. The maximum Gasteiger partial charge on any atom is 0.416 e. The van der Waals surface area contributed by atoms with Crippen LogP contribution in [0.3, 0.4) is 0 Å². The van der Waals surface area contributed by atoms with Gasteiger partial charge in [0.15, 0.2) is 24.0 Å². The summed E-state index contributed by atoms with van der Waals surface area (Å²) >= 11 is 0. The number of nitrogens with zero attached hydrogens (tertiary/aromatic N) is 5. The highest BCUT2D eigenvalue weighted by Crippen LogP contribution is 2.30. The van der Waals surface area contributed by atoms with Gasteiger partial charge in [-0.1, -0.05) is 24.3 Å². The van der Waals surface area contributed by atoms with Crippen molar-refractivity contribution in [2.75, 3.05) is 5.32 Å². The van der Waals surface area contributed by atoms with Crippen LogP contribution in [0.2, 0.25) is 0 Å². The van der Waals surface area contributed by atoms with Gasteiger partial charge in [0.25, 0.3) is 5.91 Å². The van der Waals surface area contributed by atoms with Gasteiger partial charge in [-0.3, -0.25) is 19.6 Å². The molecule has 2 heterocycles. The van der Waals surface area contributed by atoms with Gasteiger partial charge in [0.2, 0.25) is 0 Å². The van der Waals surface area contributed by atoms with E-state index in [0.717, 1.165) is 12.1 Å². The van der Waals surface area contributed by atoms with Gasteiger partial charge in [-0.25, -0.2) is 4.68 Å². The molecule has 36 heavy (non-hydrogen) atoms. The molecule has 1 amide bonds. The number of aromatic nitrogens is 4. The van der Waals surface area contributed by atoms with E-state index < -0.39 is 22.6 Å². The highest BCUT2D eigenvalue weighted by Gasteiger charge is 2.30. The van der Waals surface area contributed by atoms with Crippen LogP contribution in [0.5, 0.6) is 5.75 Å². The lowest BCUT2D eigenvalue weighted by atomic mass is 10.1. The van der Waals surface area contributed by atoms with Crippen molar-refractivity contribution in [3.05, 3.63) is 99.5 Å². The number of para-hydroxylation sites is 2. The van der Waals surface area contributed by atoms with E-state index in [4.69, 9.17) is 4.74 Å².